The van der Waals surface area contributed by atoms with E-state index in [1.165, 1.54) is 34.6 Å². The first-order valence-electron chi connectivity index (χ1n) is 11.2. The van der Waals surface area contributed by atoms with E-state index >= 15 is 0 Å². The number of benzene rings is 2. The Morgan fingerprint density at radius 1 is 1.03 bits per heavy atom. The maximum atomic E-state index is 13.2. The third kappa shape index (κ3) is 5.21. The fourth-order valence-electron chi connectivity index (χ4n) is 4.21. The highest BCUT2D eigenvalue weighted by atomic mass is 32.2. The first kappa shape index (κ1) is 24.1. The topological polar surface area (TPSA) is 119 Å². The molecule has 0 radical (unpaired) electrons. The van der Waals surface area contributed by atoms with Crippen LogP contribution in [0.15, 0.2) is 47.4 Å². The summed E-state index contributed by atoms with van der Waals surface area (Å²) < 4.78 is 38.7. The van der Waals surface area contributed by atoms with E-state index in [0.29, 0.717) is 45.1 Å². The van der Waals surface area contributed by atoms with Crippen LogP contribution in [0.5, 0.6) is 0 Å². The highest BCUT2D eigenvalue weighted by Gasteiger charge is 2.29. The van der Waals surface area contributed by atoms with Gasteiger partial charge in [-0.25, -0.2) is 13.2 Å². The van der Waals surface area contributed by atoms with Crippen LogP contribution in [-0.2, 0) is 26.1 Å². The third-order valence-electron chi connectivity index (χ3n) is 6.04. The van der Waals surface area contributed by atoms with Crippen LogP contribution in [0.25, 0.3) is 0 Å². The van der Waals surface area contributed by atoms with E-state index < -0.39 is 20.9 Å². The summed E-state index contributed by atoms with van der Waals surface area (Å²) in [6.07, 6.45) is 2.59. The number of carbonyl (C=O) groups excluding carboxylic acids is 1. The molecular weight excluding hydrogens is 462 g/mol. The van der Waals surface area contributed by atoms with Gasteiger partial charge in [0.2, 0.25) is 10.0 Å². The van der Waals surface area contributed by atoms with Crippen molar-refractivity contribution in [3.8, 4) is 0 Å². The van der Waals surface area contributed by atoms with E-state index in [1.807, 2.05) is 4.90 Å². The molecule has 10 nitrogen and oxygen atoms in total. The SMILES string of the molecule is O=C(OCc1ccccc1[N+](=O)[O-])c1cc(S(=O)(=O)N2CCCCC2)ccc1N1CCOCC1. The van der Waals surface area contributed by atoms with Crippen LogP contribution in [0.4, 0.5) is 11.4 Å². The molecule has 0 N–H and O–H groups in total. The van der Waals surface area contributed by atoms with E-state index in [9.17, 15) is 23.3 Å². The average molecular weight is 490 g/mol. The van der Waals surface area contributed by atoms with Gasteiger partial charge < -0.3 is 14.4 Å². The lowest BCUT2D eigenvalue weighted by atomic mass is 10.1. The number of esters is 1. The van der Waals surface area contributed by atoms with Crippen molar-refractivity contribution in [3.63, 3.8) is 0 Å². The number of rotatable bonds is 7. The summed E-state index contributed by atoms with van der Waals surface area (Å²) in [5, 5.41) is 11.3. The van der Waals surface area contributed by atoms with Crippen LogP contribution >= 0.6 is 0 Å². The molecule has 0 atom stereocenters. The van der Waals surface area contributed by atoms with Crippen LogP contribution in [-0.4, -0.2) is 63.0 Å². The number of hydrogen-bond acceptors (Lipinski definition) is 8. The lowest BCUT2D eigenvalue weighted by molar-refractivity contribution is -0.385. The predicted molar refractivity (Wildman–Crippen MR) is 124 cm³/mol. The summed E-state index contributed by atoms with van der Waals surface area (Å²) in [4.78, 5) is 25.9. The lowest BCUT2D eigenvalue weighted by Crippen LogP contribution is -2.38. The Labute approximate surface area is 198 Å². The molecule has 0 aliphatic carbocycles. The molecule has 2 aliphatic heterocycles. The Morgan fingerprint density at radius 3 is 2.44 bits per heavy atom. The summed E-state index contributed by atoms with van der Waals surface area (Å²) in [6.45, 7) is 2.65. The van der Waals surface area contributed by atoms with Crippen molar-refractivity contribution in [1.29, 1.82) is 0 Å². The molecule has 2 fully saturated rings. The fourth-order valence-corrected chi connectivity index (χ4v) is 5.75. The number of carbonyl (C=O) groups is 1. The first-order valence-corrected chi connectivity index (χ1v) is 12.7. The van der Waals surface area contributed by atoms with Crippen LogP contribution in [0.3, 0.4) is 0 Å². The number of hydrogen-bond donors (Lipinski definition) is 0. The van der Waals surface area contributed by atoms with Crippen LogP contribution in [0.1, 0.15) is 35.2 Å². The standard InChI is InChI=1S/C23H27N3O7S/c27-23(33-17-18-6-2-3-7-21(18)26(28)29)20-16-19(34(30,31)25-10-4-1-5-11-25)8-9-22(20)24-12-14-32-15-13-24/h2-3,6-9,16H,1,4-5,10-15,17H2. The van der Waals surface area contributed by atoms with Crippen molar-refractivity contribution < 1.29 is 27.6 Å². The number of ether oxygens (including phenoxy) is 2. The van der Waals surface area contributed by atoms with Gasteiger partial charge in [-0.1, -0.05) is 18.6 Å². The number of anilines is 1. The number of para-hydroxylation sites is 1. The van der Waals surface area contributed by atoms with Gasteiger partial charge >= 0.3 is 5.97 Å². The van der Waals surface area contributed by atoms with Crippen LogP contribution < -0.4 is 4.90 Å². The largest absolute Gasteiger partial charge is 0.457 e. The normalized spacial score (nSPS) is 17.4. The maximum Gasteiger partial charge on any atom is 0.340 e. The minimum atomic E-state index is -3.76. The summed E-state index contributed by atoms with van der Waals surface area (Å²) in [7, 11) is -3.76. The van der Waals surface area contributed by atoms with E-state index in [4.69, 9.17) is 9.47 Å². The minimum Gasteiger partial charge on any atom is -0.457 e. The molecule has 0 aromatic heterocycles. The van der Waals surface area contributed by atoms with E-state index in [2.05, 4.69) is 0 Å². The van der Waals surface area contributed by atoms with E-state index in [-0.39, 0.29) is 28.3 Å². The predicted octanol–water partition coefficient (Wildman–Crippen LogP) is 2.96. The molecule has 2 saturated heterocycles. The molecule has 4 rings (SSSR count). The monoisotopic (exact) mass is 489 g/mol. The highest BCUT2D eigenvalue weighted by molar-refractivity contribution is 7.89. The van der Waals surface area contributed by atoms with Gasteiger partial charge in [0.25, 0.3) is 5.69 Å². The van der Waals surface area contributed by atoms with Crippen LogP contribution in [0.2, 0.25) is 0 Å². The van der Waals surface area contributed by atoms with Crippen LogP contribution in [0, 0.1) is 10.1 Å². The van der Waals surface area contributed by atoms with Crippen molar-refractivity contribution in [2.24, 2.45) is 0 Å². The van der Waals surface area contributed by atoms with E-state index in [0.717, 1.165) is 19.3 Å². The first-order chi connectivity index (χ1) is 16.4. The molecule has 2 aliphatic rings. The second-order valence-electron chi connectivity index (χ2n) is 8.21. The molecule has 0 saturated carbocycles. The molecule has 0 amide bonds. The summed E-state index contributed by atoms with van der Waals surface area (Å²) in [5.41, 5.74) is 0.767. The Kier molecular flexibility index (Phi) is 7.44. The van der Waals surface area contributed by atoms with Gasteiger partial charge in [-0.3, -0.25) is 10.1 Å². The van der Waals surface area contributed by atoms with Crippen molar-refractivity contribution in [2.75, 3.05) is 44.3 Å². The molecule has 0 bridgehead atoms. The second kappa shape index (κ2) is 10.5. The van der Waals surface area contributed by atoms with Gasteiger partial charge in [0.05, 0.1) is 39.8 Å². The maximum absolute atomic E-state index is 13.2. The molecule has 2 aromatic carbocycles. The number of nitro benzene ring substituents is 1. The Morgan fingerprint density at radius 2 is 1.74 bits per heavy atom. The smallest absolute Gasteiger partial charge is 0.340 e. The zero-order chi connectivity index (χ0) is 24.1. The zero-order valence-corrected chi connectivity index (χ0v) is 19.5. The molecule has 11 heteroatoms. The molecule has 0 unspecified atom stereocenters. The number of piperidine rings is 1. The molecule has 2 aromatic rings. The highest BCUT2D eigenvalue weighted by Crippen LogP contribution is 2.29. The quantitative estimate of drug-likeness (QED) is 0.331. The average Bonchev–Trinajstić information content (AvgIpc) is 2.88. The second-order valence-corrected chi connectivity index (χ2v) is 10.1. The lowest BCUT2D eigenvalue weighted by Gasteiger charge is -2.31. The Hall–Kier alpha value is -3.02. The van der Waals surface area contributed by atoms with Gasteiger partial charge in [-0.05, 0) is 37.1 Å². The Bertz CT molecular complexity index is 1160. The van der Waals surface area contributed by atoms with Gasteiger partial charge in [-0.2, -0.15) is 4.31 Å². The molecule has 0 spiro atoms. The third-order valence-corrected chi connectivity index (χ3v) is 7.93. The fraction of sp³-hybridized carbons (Fsp3) is 0.435. The summed E-state index contributed by atoms with van der Waals surface area (Å²) >= 11 is 0. The van der Waals surface area contributed by atoms with Crippen molar-refractivity contribution in [2.45, 2.75) is 30.8 Å². The van der Waals surface area contributed by atoms with Gasteiger partial charge in [-0.15, -0.1) is 0 Å². The van der Waals surface area contributed by atoms with Gasteiger partial charge in [0, 0.05) is 32.2 Å². The van der Waals surface area contributed by atoms with Gasteiger partial charge in [0.15, 0.2) is 0 Å². The van der Waals surface area contributed by atoms with E-state index in [1.54, 1.807) is 12.1 Å². The number of sulfonamides is 1. The number of morpholine rings is 1. The molecule has 182 valence electrons. The Balaban J connectivity index is 1.64. The molecule has 2 heterocycles. The number of nitro groups is 1. The number of nitrogens with zero attached hydrogens (tertiary/aromatic N) is 3. The van der Waals surface area contributed by atoms with Crippen molar-refractivity contribution >= 4 is 27.4 Å². The summed E-state index contributed by atoms with van der Waals surface area (Å²) in [6, 6.07) is 10.5. The minimum absolute atomic E-state index is 0.0315. The molecular formula is C23H27N3O7S. The summed E-state index contributed by atoms with van der Waals surface area (Å²) in [5.74, 6) is -0.740. The van der Waals surface area contributed by atoms with Crippen molar-refractivity contribution in [1.82, 2.24) is 4.31 Å². The zero-order valence-electron chi connectivity index (χ0n) is 18.7. The molecule has 34 heavy (non-hydrogen) atoms. The van der Waals surface area contributed by atoms with Gasteiger partial charge in [0.1, 0.15) is 6.61 Å². The van der Waals surface area contributed by atoms with Crippen molar-refractivity contribution in [3.05, 3.63) is 63.7 Å².